The van der Waals surface area contributed by atoms with E-state index in [-0.39, 0.29) is 0 Å². The standard InChI is InChI=1S/C19H18O2/c1-3-9-16(10-4-1)19(17-11-5-2-6-12-17)15-20-18(21-19)13-7-8-14-18/h1-7,9-13H,8,14-15H2/t18-/m1/s1. The van der Waals surface area contributed by atoms with Gasteiger partial charge in [0.2, 0.25) is 0 Å². The van der Waals surface area contributed by atoms with E-state index in [1.165, 1.54) is 0 Å². The monoisotopic (exact) mass is 278 g/mol. The van der Waals surface area contributed by atoms with Gasteiger partial charge in [-0.05, 0) is 23.6 Å². The van der Waals surface area contributed by atoms with Gasteiger partial charge in [0.15, 0.2) is 5.79 Å². The van der Waals surface area contributed by atoms with Crippen molar-refractivity contribution in [3.63, 3.8) is 0 Å². The SMILES string of the molecule is C1=C[C@@]2(CC1)OCC(c1ccccc1)(c1ccccc1)O2. The quantitative estimate of drug-likeness (QED) is 0.772. The second-order valence-electron chi connectivity index (χ2n) is 5.70. The minimum atomic E-state index is -0.550. The summed E-state index contributed by atoms with van der Waals surface area (Å²) in [6, 6.07) is 20.8. The number of ether oxygens (including phenoxy) is 2. The van der Waals surface area contributed by atoms with E-state index >= 15 is 0 Å². The van der Waals surface area contributed by atoms with E-state index in [0.29, 0.717) is 6.61 Å². The highest BCUT2D eigenvalue weighted by Crippen LogP contribution is 2.47. The molecule has 1 spiro atoms. The maximum atomic E-state index is 6.56. The fourth-order valence-corrected chi connectivity index (χ4v) is 3.28. The third-order valence-electron chi connectivity index (χ3n) is 4.38. The summed E-state index contributed by atoms with van der Waals surface area (Å²) in [7, 11) is 0. The van der Waals surface area contributed by atoms with Crippen molar-refractivity contribution in [3.8, 4) is 0 Å². The Morgan fingerprint density at radius 3 is 1.95 bits per heavy atom. The molecule has 0 amide bonds. The lowest BCUT2D eigenvalue weighted by Crippen LogP contribution is -2.34. The van der Waals surface area contributed by atoms with Crippen LogP contribution in [0.25, 0.3) is 0 Å². The highest BCUT2D eigenvalue weighted by atomic mass is 16.8. The van der Waals surface area contributed by atoms with Crippen LogP contribution < -0.4 is 0 Å². The van der Waals surface area contributed by atoms with Crippen molar-refractivity contribution >= 4 is 0 Å². The second kappa shape index (κ2) is 4.83. The van der Waals surface area contributed by atoms with Gasteiger partial charge in [0, 0.05) is 6.42 Å². The number of hydrogen-bond acceptors (Lipinski definition) is 2. The van der Waals surface area contributed by atoms with Gasteiger partial charge in [0.25, 0.3) is 0 Å². The molecule has 0 aromatic heterocycles. The number of rotatable bonds is 2. The molecule has 1 fully saturated rings. The van der Waals surface area contributed by atoms with E-state index in [4.69, 9.17) is 9.47 Å². The van der Waals surface area contributed by atoms with Gasteiger partial charge in [0.1, 0.15) is 5.60 Å². The number of hydrogen-bond donors (Lipinski definition) is 0. The summed E-state index contributed by atoms with van der Waals surface area (Å²) < 4.78 is 12.7. The van der Waals surface area contributed by atoms with E-state index in [9.17, 15) is 0 Å². The van der Waals surface area contributed by atoms with Crippen LogP contribution >= 0.6 is 0 Å². The van der Waals surface area contributed by atoms with Crippen LogP contribution in [0, 0.1) is 0 Å². The summed E-state index contributed by atoms with van der Waals surface area (Å²) in [5.41, 5.74) is 1.78. The largest absolute Gasteiger partial charge is 0.343 e. The fourth-order valence-electron chi connectivity index (χ4n) is 3.28. The molecule has 1 heterocycles. The Hall–Kier alpha value is -1.90. The zero-order valence-corrected chi connectivity index (χ0v) is 11.9. The molecule has 106 valence electrons. The third-order valence-corrected chi connectivity index (χ3v) is 4.38. The zero-order chi connectivity index (χ0) is 14.2. The third kappa shape index (κ3) is 2.03. The van der Waals surface area contributed by atoms with Crippen molar-refractivity contribution in [1.29, 1.82) is 0 Å². The number of benzene rings is 2. The van der Waals surface area contributed by atoms with Gasteiger partial charge in [-0.15, -0.1) is 0 Å². The molecule has 0 N–H and O–H groups in total. The Labute approximate surface area is 125 Å². The summed E-state index contributed by atoms with van der Waals surface area (Å²) in [6.07, 6.45) is 6.13. The molecule has 0 unspecified atom stereocenters. The highest BCUT2D eigenvalue weighted by molar-refractivity contribution is 5.38. The summed E-state index contributed by atoms with van der Waals surface area (Å²) in [4.78, 5) is 0. The fraction of sp³-hybridized carbons (Fsp3) is 0.263. The first-order valence-electron chi connectivity index (χ1n) is 7.46. The van der Waals surface area contributed by atoms with Crippen molar-refractivity contribution in [2.75, 3.05) is 6.61 Å². The molecule has 0 radical (unpaired) electrons. The smallest absolute Gasteiger partial charge is 0.189 e. The van der Waals surface area contributed by atoms with Gasteiger partial charge in [-0.2, -0.15) is 0 Å². The normalized spacial score (nSPS) is 26.5. The van der Waals surface area contributed by atoms with Crippen molar-refractivity contribution in [1.82, 2.24) is 0 Å². The summed E-state index contributed by atoms with van der Waals surface area (Å²) >= 11 is 0. The Kier molecular flexibility index (Phi) is 2.95. The zero-order valence-electron chi connectivity index (χ0n) is 11.9. The Bertz CT molecular complexity index is 608. The van der Waals surface area contributed by atoms with Gasteiger partial charge in [-0.1, -0.05) is 66.7 Å². The molecule has 1 aliphatic heterocycles. The van der Waals surface area contributed by atoms with E-state index in [2.05, 4.69) is 60.7 Å². The molecule has 2 aliphatic rings. The van der Waals surface area contributed by atoms with Gasteiger partial charge in [0.05, 0.1) is 6.61 Å². The topological polar surface area (TPSA) is 18.5 Å². The Morgan fingerprint density at radius 2 is 1.43 bits per heavy atom. The van der Waals surface area contributed by atoms with E-state index in [1.54, 1.807) is 0 Å². The molecule has 0 bridgehead atoms. The molecule has 1 saturated heterocycles. The van der Waals surface area contributed by atoms with Crippen LogP contribution in [0.3, 0.4) is 0 Å². The lowest BCUT2D eigenvalue weighted by atomic mass is 9.87. The van der Waals surface area contributed by atoms with Gasteiger partial charge in [-0.3, -0.25) is 0 Å². The van der Waals surface area contributed by atoms with E-state index in [1.807, 2.05) is 12.1 Å². The molecule has 0 saturated carbocycles. The van der Waals surface area contributed by atoms with Gasteiger partial charge < -0.3 is 9.47 Å². The Morgan fingerprint density at radius 1 is 0.810 bits per heavy atom. The lowest BCUT2D eigenvalue weighted by Gasteiger charge is -2.31. The van der Waals surface area contributed by atoms with Crippen molar-refractivity contribution in [3.05, 3.63) is 83.9 Å². The first-order chi connectivity index (χ1) is 10.3. The average molecular weight is 278 g/mol. The maximum Gasteiger partial charge on any atom is 0.189 e. The van der Waals surface area contributed by atoms with Crippen molar-refractivity contribution < 1.29 is 9.47 Å². The second-order valence-corrected chi connectivity index (χ2v) is 5.70. The van der Waals surface area contributed by atoms with Crippen LogP contribution in [0.15, 0.2) is 72.8 Å². The molecule has 1 atom stereocenters. The summed E-state index contributed by atoms with van der Waals surface area (Å²) in [6.45, 7) is 0.547. The molecular weight excluding hydrogens is 260 g/mol. The van der Waals surface area contributed by atoms with Gasteiger partial charge >= 0.3 is 0 Å². The van der Waals surface area contributed by atoms with Crippen LogP contribution in [0.5, 0.6) is 0 Å². The molecule has 2 aromatic rings. The van der Waals surface area contributed by atoms with Crippen LogP contribution in [-0.4, -0.2) is 12.4 Å². The van der Waals surface area contributed by atoms with Crippen LogP contribution in [-0.2, 0) is 15.1 Å². The minimum Gasteiger partial charge on any atom is -0.343 e. The highest BCUT2D eigenvalue weighted by Gasteiger charge is 2.51. The molecular formula is C19H18O2. The van der Waals surface area contributed by atoms with Gasteiger partial charge in [-0.25, -0.2) is 0 Å². The number of allylic oxidation sites excluding steroid dienone is 1. The summed E-state index contributed by atoms with van der Waals surface area (Å²) in [5.74, 6) is -0.550. The van der Waals surface area contributed by atoms with E-state index < -0.39 is 11.4 Å². The van der Waals surface area contributed by atoms with Crippen molar-refractivity contribution in [2.24, 2.45) is 0 Å². The first kappa shape index (κ1) is 12.8. The molecule has 1 aliphatic carbocycles. The lowest BCUT2D eigenvalue weighted by molar-refractivity contribution is -0.144. The van der Waals surface area contributed by atoms with Crippen LogP contribution in [0.2, 0.25) is 0 Å². The molecule has 21 heavy (non-hydrogen) atoms. The van der Waals surface area contributed by atoms with E-state index in [0.717, 1.165) is 24.0 Å². The average Bonchev–Trinajstić information content (AvgIpc) is 3.18. The molecule has 2 aromatic carbocycles. The predicted octanol–water partition coefficient (Wildman–Crippen LogP) is 4.02. The summed E-state index contributed by atoms with van der Waals surface area (Å²) in [5, 5.41) is 0. The van der Waals surface area contributed by atoms with Crippen molar-refractivity contribution in [2.45, 2.75) is 24.2 Å². The molecule has 2 heteroatoms. The minimum absolute atomic E-state index is 0.517. The predicted molar refractivity (Wildman–Crippen MR) is 81.8 cm³/mol. The Balaban J connectivity index is 1.83. The molecule has 2 nitrogen and oxygen atoms in total. The molecule has 4 rings (SSSR count). The van der Waals surface area contributed by atoms with Crippen LogP contribution in [0.4, 0.5) is 0 Å². The maximum absolute atomic E-state index is 6.56. The first-order valence-corrected chi connectivity index (χ1v) is 7.46. The van der Waals surface area contributed by atoms with Crippen LogP contribution in [0.1, 0.15) is 24.0 Å².